The number of nitrogens with zero attached hydrogens (tertiary/aromatic N) is 1. The number of hydroxylamine groups is 1. The molecule has 0 aliphatic carbocycles. The molecule has 10 heteroatoms. The summed E-state index contributed by atoms with van der Waals surface area (Å²) in [5.41, 5.74) is 3.02. The van der Waals surface area contributed by atoms with Crippen LogP contribution in [0.4, 0.5) is 4.39 Å². The Morgan fingerprint density at radius 3 is 2.30 bits per heavy atom. The Kier molecular flexibility index (Phi) is 6.65. The van der Waals surface area contributed by atoms with Gasteiger partial charge in [0.05, 0.1) is 11.3 Å². The van der Waals surface area contributed by atoms with Crippen molar-refractivity contribution in [3.8, 4) is 11.1 Å². The van der Waals surface area contributed by atoms with Gasteiger partial charge in [0.2, 0.25) is 0 Å². The van der Waals surface area contributed by atoms with E-state index in [4.69, 9.17) is 10.0 Å². The summed E-state index contributed by atoms with van der Waals surface area (Å²) >= 11 is 0. The number of carbonyl (C=O) groups is 1. The number of aliphatic hydroxyl groups is 1. The minimum atomic E-state index is -3.88. The Hall–Kier alpha value is -2.82. The quantitative estimate of drug-likeness (QED) is 0.415. The highest BCUT2D eigenvalue weighted by Gasteiger charge is 2.47. The predicted octanol–water partition coefficient (Wildman–Crippen LogP) is 2.91. The van der Waals surface area contributed by atoms with E-state index in [1.54, 1.807) is 50.2 Å². The fourth-order valence-corrected chi connectivity index (χ4v) is 4.53. The molecule has 1 amide bonds. The molecule has 1 aliphatic heterocycles. The molecule has 1 heterocycles. The van der Waals surface area contributed by atoms with Crippen molar-refractivity contribution in [2.75, 3.05) is 6.26 Å². The summed E-state index contributed by atoms with van der Waals surface area (Å²) in [6, 6.07) is 11.6. The first kappa shape index (κ1) is 24.8. The molecule has 2 aromatic rings. The molecule has 1 unspecified atom stereocenters. The average Bonchev–Trinajstić information content (AvgIpc) is 3.20. The van der Waals surface area contributed by atoms with Crippen molar-refractivity contribution in [3.05, 3.63) is 59.4 Å². The van der Waals surface area contributed by atoms with Crippen LogP contribution in [0, 0.1) is 5.82 Å². The van der Waals surface area contributed by atoms with Crippen molar-refractivity contribution in [3.63, 3.8) is 0 Å². The number of halogens is 1. The lowest BCUT2D eigenvalue weighted by Crippen LogP contribution is -2.51. The van der Waals surface area contributed by atoms with Crippen LogP contribution >= 0.6 is 0 Å². The summed E-state index contributed by atoms with van der Waals surface area (Å²) in [6.45, 7) is 4.54. The highest BCUT2D eigenvalue weighted by Crippen LogP contribution is 2.31. The van der Waals surface area contributed by atoms with Crippen LogP contribution in [-0.2, 0) is 25.1 Å². The van der Waals surface area contributed by atoms with Crippen LogP contribution < -0.4 is 5.48 Å². The Morgan fingerprint density at radius 1 is 1.18 bits per heavy atom. The van der Waals surface area contributed by atoms with Gasteiger partial charge in [-0.1, -0.05) is 41.6 Å². The summed E-state index contributed by atoms with van der Waals surface area (Å²) in [5.74, 6) is -1.54. The third-order valence-electron chi connectivity index (χ3n) is 5.96. The van der Waals surface area contributed by atoms with Gasteiger partial charge >= 0.3 is 0 Å². The SMILES string of the molecule is CC(C)(O)c1ccc(-c2ccc(C3=NO[C@@H](CC(C)(C(=O)NO)S(C)(=O)=O)C3)cc2F)cc1. The van der Waals surface area contributed by atoms with Gasteiger partial charge in [-0.15, -0.1) is 0 Å². The number of amides is 1. The minimum absolute atomic E-state index is 0.170. The van der Waals surface area contributed by atoms with E-state index in [1.165, 1.54) is 18.5 Å². The number of sulfone groups is 1. The molecule has 0 spiro atoms. The standard InChI is InChI=1S/C23H27FN2O6S/c1-22(2,28)16-8-5-14(6-9-16)18-10-7-15(11-19(18)24)20-12-17(32-26-20)13-23(3,21(27)25-29)33(4,30)31/h5-11,17,28-29H,12-13H2,1-4H3,(H,25,27)/t17-,23?/m1/s1. The predicted molar refractivity (Wildman–Crippen MR) is 121 cm³/mol. The maximum atomic E-state index is 14.9. The second kappa shape index (κ2) is 8.85. The maximum absolute atomic E-state index is 14.9. The number of nitrogens with one attached hydrogen (secondary N) is 1. The van der Waals surface area contributed by atoms with E-state index < -0.39 is 38.0 Å². The lowest BCUT2D eigenvalue weighted by molar-refractivity contribution is -0.132. The van der Waals surface area contributed by atoms with Gasteiger partial charge in [-0.3, -0.25) is 10.0 Å². The fraction of sp³-hybridized carbons (Fsp3) is 0.391. The summed E-state index contributed by atoms with van der Waals surface area (Å²) in [5, 5.41) is 23.0. The summed E-state index contributed by atoms with van der Waals surface area (Å²) < 4.78 is 37.3. The zero-order valence-electron chi connectivity index (χ0n) is 18.8. The van der Waals surface area contributed by atoms with E-state index in [0.717, 1.165) is 6.26 Å². The molecule has 2 aromatic carbocycles. The Morgan fingerprint density at radius 2 is 1.79 bits per heavy atom. The average molecular weight is 479 g/mol. The lowest BCUT2D eigenvalue weighted by Gasteiger charge is -2.26. The molecule has 2 atom stereocenters. The van der Waals surface area contributed by atoms with Gasteiger partial charge in [0.15, 0.2) is 14.6 Å². The number of carbonyl (C=O) groups excluding carboxylic acids is 1. The monoisotopic (exact) mass is 478 g/mol. The maximum Gasteiger partial charge on any atom is 0.264 e. The van der Waals surface area contributed by atoms with E-state index in [2.05, 4.69) is 5.16 Å². The van der Waals surface area contributed by atoms with Crippen LogP contribution in [0.25, 0.3) is 11.1 Å². The van der Waals surface area contributed by atoms with Gasteiger partial charge in [-0.2, -0.15) is 0 Å². The van der Waals surface area contributed by atoms with Gasteiger partial charge in [-0.05, 0) is 38.0 Å². The first-order valence-electron chi connectivity index (χ1n) is 10.3. The molecule has 3 N–H and O–H groups in total. The number of oxime groups is 1. The van der Waals surface area contributed by atoms with Crippen molar-refractivity contribution in [2.45, 2.75) is 50.1 Å². The van der Waals surface area contributed by atoms with E-state index in [0.29, 0.717) is 28.0 Å². The van der Waals surface area contributed by atoms with Crippen LogP contribution in [0.1, 0.15) is 44.7 Å². The Bertz CT molecular complexity index is 1190. The fourth-order valence-electron chi connectivity index (χ4n) is 3.66. The van der Waals surface area contributed by atoms with Crippen LogP contribution in [0.15, 0.2) is 47.6 Å². The Balaban J connectivity index is 1.77. The summed E-state index contributed by atoms with van der Waals surface area (Å²) in [6.07, 6.45) is 0.0951. The molecule has 178 valence electrons. The number of rotatable bonds is 7. The molecule has 0 saturated heterocycles. The van der Waals surface area contributed by atoms with Gasteiger partial charge < -0.3 is 9.94 Å². The molecule has 8 nitrogen and oxygen atoms in total. The van der Waals surface area contributed by atoms with Crippen LogP contribution in [-0.4, -0.2) is 47.5 Å². The molecule has 0 fully saturated rings. The van der Waals surface area contributed by atoms with Crippen molar-refractivity contribution in [1.29, 1.82) is 0 Å². The highest BCUT2D eigenvalue weighted by atomic mass is 32.2. The highest BCUT2D eigenvalue weighted by molar-refractivity contribution is 7.92. The molecule has 1 aliphatic rings. The summed E-state index contributed by atoms with van der Waals surface area (Å²) in [4.78, 5) is 17.3. The first-order valence-corrected chi connectivity index (χ1v) is 12.2. The topological polar surface area (TPSA) is 125 Å². The Labute approximate surface area is 192 Å². The largest absolute Gasteiger partial charge is 0.392 e. The van der Waals surface area contributed by atoms with E-state index >= 15 is 0 Å². The second-order valence-corrected chi connectivity index (χ2v) is 11.4. The molecular weight excluding hydrogens is 451 g/mol. The summed E-state index contributed by atoms with van der Waals surface area (Å²) in [7, 11) is -3.88. The van der Waals surface area contributed by atoms with Gasteiger partial charge in [0, 0.05) is 30.2 Å². The number of hydrogen-bond acceptors (Lipinski definition) is 7. The van der Waals surface area contributed by atoms with Gasteiger partial charge in [-0.25, -0.2) is 18.3 Å². The molecule has 0 aromatic heterocycles. The van der Waals surface area contributed by atoms with Gasteiger partial charge in [0.25, 0.3) is 5.91 Å². The molecular formula is C23H27FN2O6S. The molecule has 0 radical (unpaired) electrons. The van der Waals surface area contributed by atoms with E-state index in [9.17, 15) is 22.7 Å². The third-order valence-corrected chi connectivity index (χ3v) is 7.94. The smallest absolute Gasteiger partial charge is 0.264 e. The third kappa shape index (κ3) is 5.07. The zero-order chi connectivity index (χ0) is 24.6. The second-order valence-electron chi connectivity index (χ2n) is 8.95. The number of hydrogen-bond donors (Lipinski definition) is 3. The molecule has 3 rings (SSSR count). The minimum Gasteiger partial charge on any atom is -0.392 e. The normalized spacial score (nSPS) is 18.3. The van der Waals surface area contributed by atoms with E-state index in [-0.39, 0.29) is 12.8 Å². The molecule has 0 saturated carbocycles. The van der Waals surface area contributed by atoms with Crippen molar-refractivity contribution in [2.24, 2.45) is 5.16 Å². The number of benzene rings is 2. The van der Waals surface area contributed by atoms with Crippen molar-refractivity contribution in [1.82, 2.24) is 5.48 Å². The first-order chi connectivity index (χ1) is 15.3. The molecule has 0 bridgehead atoms. The van der Waals surface area contributed by atoms with Crippen molar-refractivity contribution >= 4 is 21.5 Å². The van der Waals surface area contributed by atoms with Crippen LogP contribution in [0.3, 0.4) is 0 Å². The van der Waals surface area contributed by atoms with Crippen LogP contribution in [0.5, 0.6) is 0 Å². The lowest BCUT2D eigenvalue weighted by atomic mass is 9.94. The van der Waals surface area contributed by atoms with Crippen molar-refractivity contribution < 1.29 is 32.8 Å². The van der Waals surface area contributed by atoms with Gasteiger partial charge in [0.1, 0.15) is 11.9 Å². The van der Waals surface area contributed by atoms with E-state index in [1.807, 2.05) is 0 Å². The molecule has 33 heavy (non-hydrogen) atoms. The van der Waals surface area contributed by atoms with Crippen LogP contribution in [0.2, 0.25) is 0 Å². The zero-order valence-corrected chi connectivity index (χ0v) is 19.6.